The first-order valence-electron chi connectivity index (χ1n) is 37.2. The van der Waals surface area contributed by atoms with Gasteiger partial charge in [0.2, 0.25) is 0 Å². The number of hydrogen-bond donors (Lipinski definition) is 2. The lowest BCUT2D eigenvalue weighted by Crippen LogP contribution is -2.34. The summed E-state index contributed by atoms with van der Waals surface area (Å²) in [6, 6.07) is 27.6. The van der Waals surface area contributed by atoms with E-state index >= 15 is 0 Å². The fraction of sp³-hybridized carbons (Fsp3) is 0.439. The molecule has 34 nitrogen and oxygen atoms in total. The lowest BCUT2D eigenvalue weighted by Gasteiger charge is -2.37. The van der Waals surface area contributed by atoms with Gasteiger partial charge in [-0.05, 0) is 179 Å². The van der Waals surface area contributed by atoms with E-state index in [1.807, 2.05) is 0 Å². The zero-order valence-corrected chi connectivity index (χ0v) is 66.5. The summed E-state index contributed by atoms with van der Waals surface area (Å²) in [5.41, 5.74) is 17.9. The second-order valence-electron chi connectivity index (χ2n) is 30.6. The van der Waals surface area contributed by atoms with E-state index in [1.54, 1.807) is 138 Å². The molecule has 11 rings (SSSR count). The van der Waals surface area contributed by atoms with Gasteiger partial charge in [0, 0.05) is 112 Å². The summed E-state index contributed by atoms with van der Waals surface area (Å²) in [5.74, 6) is -4.34. The van der Waals surface area contributed by atoms with Crippen LogP contribution in [0.3, 0.4) is 0 Å². The molecular formula is C82H93N9O25. The molecule has 3 N–H and O–H groups in total. The van der Waals surface area contributed by atoms with E-state index in [1.165, 1.54) is 54.6 Å². The highest BCUT2D eigenvalue weighted by Gasteiger charge is 2.56. The average Bonchev–Trinajstić information content (AvgIpc) is 1.51. The van der Waals surface area contributed by atoms with Gasteiger partial charge in [0.05, 0.1) is 118 Å². The summed E-state index contributed by atoms with van der Waals surface area (Å²) < 4.78 is 79.2. The van der Waals surface area contributed by atoms with Crippen LogP contribution in [0.5, 0.6) is 46.0 Å². The molecule has 34 heteroatoms. The molecule has 0 aromatic heterocycles. The van der Waals surface area contributed by atoms with Crippen molar-refractivity contribution >= 4 is 59.5 Å². The molecule has 116 heavy (non-hydrogen) atoms. The Labute approximate surface area is 668 Å². The van der Waals surface area contributed by atoms with Gasteiger partial charge in [-0.2, -0.15) is 0 Å². The van der Waals surface area contributed by atoms with Crippen LogP contribution < -0.4 is 39.5 Å². The number of carbonyl (C=O) groups excluding carboxylic acids is 10. The van der Waals surface area contributed by atoms with Crippen LogP contribution in [0.15, 0.2) is 119 Å². The Morgan fingerprint density at radius 2 is 0.750 bits per heavy atom. The summed E-state index contributed by atoms with van der Waals surface area (Å²) in [6.45, 7) is 27.1. The first kappa shape index (κ1) is 88.1. The Morgan fingerprint density at radius 3 is 1.09 bits per heavy atom. The highest BCUT2D eigenvalue weighted by molar-refractivity contribution is 6.04. The number of azide groups is 2. The van der Waals surface area contributed by atoms with Crippen molar-refractivity contribution in [2.24, 2.45) is 37.6 Å². The first-order valence-corrected chi connectivity index (χ1v) is 37.2. The number of imide groups is 1. The predicted molar refractivity (Wildman–Crippen MR) is 411 cm³/mol. The number of nitrogens with two attached hydrogens (primary N) is 1. The molecule has 5 heterocycles. The predicted octanol–water partition coefficient (Wildman–Crippen LogP) is 11.9. The van der Waals surface area contributed by atoms with Gasteiger partial charge in [-0.15, -0.1) is 5.06 Å². The molecular weight excluding hydrogens is 1510 g/mol. The van der Waals surface area contributed by atoms with E-state index in [2.05, 4.69) is 25.4 Å². The van der Waals surface area contributed by atoms with Crippen LogP contribution in [0, 0.1) is 21.7 Å². The molecule has 1 fully saturated rings. The molecule has 6 aromatic rings. The average molecular weight is 1600 g/mol. The number of amides is 3. The molecule has 3 amide bonds. The summed E-state index contributed by atoms with van der Waals surface area (Å²) >= 11 is 0. The van der Waals surface area contributed by atoms with Gasteiger partial charge in [-0.25, -0.2) is 14.4 Å². The maximum atomic E-state index is 13.5. The first-order chi connectivity index (χ1) is 55.0. The molecule has 6 aromatic carbocycles. The van der Waals surface area contributed by atoms with Crippen molar-refractivity contribution in [2.75, 3.05) is 105 Å². The molecule has 0 radical (unpaired) electrons. The van der Waals surface area contributed by atoms with Crippen molar-refractivity contribution in [3.05, 3.63) is 186 Å². The standard InChI is InChI=1S/C39H44N4O11.C35H31NO11.C8H18N4O3/c1-37(2,3)35(46)51-25-8-11-28-31(22-25)53-32-23-26(52-36(47)38(4,5)6)9-12-29(32)39(28)30-21-24(7-10-27(30)34(45)54-39)33(44)41-13-15-48-17-19-50-20-18-49-16-14-42-43-40;1-33(2,3)31(41)43-19-8-11-22-25(16-19)45-26-17-20(44-32(42)34(4,5)6)9-12-23(26)35(22)24-15-18(7-10-21(24)30(40)46-35)29(39)47-36-27(37)13-14-28(36)38;9-1-3-13-5-7-15-8-6-14-4-2-11-12-10/h7-12,21-23H,13-20H2,1-6H3,(H,41,44);7-12,15-17H,13-14H2,1-6H3;1-9H2. The highest BCUT2D eigenvalue weighted by Crippen LogP contribution is 2.59. The van der Waals surface area contributed by atoms with E-state index in [4.69, 9.17) is 87.9 Å². The Hall–Kier alpha value is -11.8. The largest absolute Gasteiger partial charge is 0.456 e. The van der Waals surface area contributed by atoms with E-state index in [0.29, 0.717) is 119 Å². The van der Waals surface area contributed by atoms with E-state index < -0.39 is 92.4 Å². The molecule has 5 aliphatic heterocycles. The number of hydroxylamine groups is 2. The second-order valence-corrected chi connectivity index (χ2v) is 30.6. The van der Waals surface area contributed by atoms with Gasteiger partial charge < -0.3 is 82.2 Å². The Kier molecular flexibility index (Phi) is 29.3. The van der Waals surface area contributed by atoms with Crippen LogP contribution in [-0.2, 0) is 82.7 Å². The molecule has 616 valence electrons. The van der Waals surface area contributed by atoms with Gasteiger partial charge in [0.1, 0.15) is 46.0 Å². The second kappa shape index (κ2) is 38.5. The number of esters is 6. The fourth-order valence-corrected chi connectivity index (χ4v) is 11.5. The maximum Gasteiger partial charge on any atom is 0.363 e. The summed E-state index contributed by atoms with van der Waals surface area (Å²) in [6.07, 6.45) is -0.148. The molecule has 0 saturated carbocycles. The van der Waals surface area contributed by atoms with Crippen LogP contribution in [0.4, 0.5) is 0 Å². The lowest BCUT2D eigenvalue weighted by atomic mass is 9.77. The SMILES string of the molecule is CC(C)(C)C(=O)Oc1ccc2c(c1)Oc1cc(OC(=O)C(C)(C)C)ccc1C21OC(=O)c2ccc(C(=O)NCCOCCOCCOCCN=[N+]=[N-])cc21.CC(C)(C)C(=O)Oc1ccc2c(c1)Oc1cc(OC(=O)C(C)(C)C)ccc1C21OC(=O)c2ccc(C(=O)ON3C(=O)CCC3=O)cc21.[N-]=[N+]=NCCOCCOCCOCCN. The number of rotatable bonds is 30. The minimum Gasteiger partial charge on any atom is -0.456 e. The Bertz CT molecular complexity index is 4640. The summed E-state index contributed by atoms with van der Waals surface area (Å²) in [4.78, 5) is 139. The van der Waals surface area contributed by atoms with Gasteiger partial charge in [0.15, 0.2) is 11.2 Å². The number of nitrogens with one attached hydrogen (secondary N) is 1. The Balaban J connectivity index is 0.000000227. The topological polar surface area (TPSA) is 448 Å². The van der Waals surface area contributed by atoms with Crippen LogP contribution in [-0.4, -0.2) is 170 Å². The van der Waals surface area contributed by atoms with E-state index in [9.17, 15) is 47.9 Å². The van der Waals surface area contributed by atoms with E-state index in [0.717, 1.165) is 0 Å². The van der Waals surface area contributed by atoms with Gasteiger partial charge in [-0.1, -0.05) is 10.2 Å². The molecule has 1 saturated heterocycles. The van der Waals surface area contributed by atoms with Gasteiger partial charge in [0.25, 0.3) is 17.7 Å². The molecule has 0 atom stereocenters. The van der Waals surface area contributed by atoms with Crippen molar-refractivity contribution in [1.29, 1.82) is 0 Å². The molecule has 2 spiro atoms. The monoisotopic (exact) mass is 1600 g/mol. The number of nitrogens with zero attached hydrogens (tertiary/aromatic N) is 7. The third-order valence-corrected chi connectivity index (χ3v) is 17.5. The zero-order valence-electron chi connectivity index (χ0n) is 66.5. The normalized spacial score (nSPS) is 14.2. The number of fused-ring (bicyclic) bond motifs is 12. The quantitative estimate of drug-likeness (QED) is 0.00804. The molecule has 0 aliphatic carbocycles. The number of hydrogen-bond acceptors (Lipinski definition) is 28. The van der Waals surface area contributed by atoms with Crippen molar-refractivity contribution in [2.45, 2.75) is 107 Å². The summed E-state index contributed by atoms with van der Waals surface area (Å²) in [5, 5.41) is 9.98. The van der Waals surface area contributed by atoms with Crippen molar-refractivity contribution < 1.29 is 119 Å². The molecule has 0 bridgehead atoms. The lowest BCUT2D eigenvalue weighted by molar-refractivity contribution is -0.172. The van der Waals surface area contributed by atoms with Crippen LogP contribution in [0.1, 0.15) is 171 Å². The van der Waals surface area contributed by atoms with Crippen molar-refractivity contribution in [1.82, 2.24) is 10.4 Å². The van der Waals surface area contributed by atoms with Crippen LogP contribution in [0.25, 0.3) is 20.9 Å². The van der Waals surface area contributed by atoms with Crippen LogP contribution in [0.2, 0.25) is 0 Å². The smallest absolute Gasteiger partial charge is 0.363 e. The van der Waals surface area contributed by atoms with Crippen LogP contribution >= 0.6 is 0 Å². The zero-order chi connectivity index (χ0) is 84.3. The summed E-state index contributed by atoms with van der Waals surface area (Å²) in [7, 11) is 0. The number of ether oxygens (including phenoxy) is 14. The third-order valence-electron chi connectivity index (χ3n) is 17.5. The minimum absolute atomic E-state index is 0.0602. The Morgan fingerprint density at radius 1 is 0.431 bits per heavy atom. The molecule has 5 aliphatic rings. The maximum absolute atomic E-state index is 13.5. The number of carbonyl (C=O) groups is 10. The van der Waals surface area contributed by atoms with Gasteiger partial charge >= 0.3 is 41.8 Å². The van der Waals surface area contributed by atoms with Crippen molar-refractivity contribution in [3.8, 4) is 46.0 Å². The third kappa shape index (κ3) is 21.6. The highest BCUT2D eigenvalue weighted by atomic mass is 16.7. The molecule has 0 unspecified atom stereocenters. The fourth-order valence-electron chi connectivity index (χ4n) is 11.5. The minimum atomic E-state index is -1.68. The van der Waals surface area contributed by atoms with Gasteiger partial charge in [-0.3, -0.25) is 33.6 Å². The number of benzene rings is 6. The van der Waals surface area contributed by atoms with E-state index in [-0.39, 0.29) is 106 Å². The van der Waals surface area contributed by atoms with Crippen molar-refractivity contribution in [3.63, 3.8) is 0 Å².